The van der Waals surface area contributed by atoms with Crippen molar-refractivity contribution in [1.82, 2.24) is 19.8 Å². The number of anilines is 1. The normalized spacial score (nSPS) is 19.7. The highest BCUT2D eigenvalue weighted by molar-refractivity contribution is 6.01. The van der Waals surface area contributed by atoms with Gasteiger partial charge in [-0.25, -0.2) is 13.3 Å². The third-order valence-corrected chi connectivity index (χ3v) is 6.92. The Kier molecular flexibility index (Phi) is 6.47. The minimum absolute atomic E-state index is 0.196. The van der Waals surface area contributed by atoms with Crippen LogP contribution in [0.15, 0.2) is 42.7 Å². The Morgan fingerprint density at radius 2 is 1.94 bits per heavy atom. The molecule has 180 valence electrons. The zero-order valence-corrected chi connectivity index (χ0v) is 19.0. The zero-order valence-electron chi connectivity index (χ0n) is 19.0. The molecule has 2 N–H and O–H groups in total. The molecule has 0 bridgehead atoms. The van der Waals surface area contributed by atoms with E-state index < -0.39 is 11.6 Å². The van der Waals surface area contributed by atoms with Crippen molar-refractivity contribution in [3.05, 3.63) is 65.5 Å². The summed E-state index contributed by atoms with van der Waals surface area (Å²) in [6.07, 6.45) is 6.25. The molecule has 1 atom stereocenters. The van der Waals surface area contributed by atoms with Gasteiger partial charge in [0.2, 0.25) is 0 Å². The molecule has 0 radical (unpaired) electrons. The first-order chi connectivity index (χ1) is 16.5. The third kappa shape index (κ3) is 4.63. The van der Waals surface area contributed by atoms with Gasteiger partial charge in [0.15, 0.2) is 0 Å². The highest BCUT2D eigenvalue weighted by atomic mass is 19.1. The van der Waals surface area contributed by atoms with E-state index >= 15 is 0 Å². The molecule has 2 aromatic heterocycles. The molecule has 3 aromatic rings. The standard InChI is InChI=1S/C25H29F2N5O2/c26-17-3-4-22(27)20(14-17)23-2-1-9-31(23)18-5-12-32-24(15-18)21(16-29-32)25(34)28-8-13-30-10-6-19(33)7-11-30/h3-5,12,14-16,19,23,33H,1-2,6-11,13H2,(H,28,34). The van der Waals surface area contributed by atoms with Crippen molar-refractivity contribution in [3.8, 4) is 0 Å². The number of carbonyl (C=O) groups excluding carboxylic acids is 1. The topological polar surface area (TPSA) is 73.1 Å². The highest BCUT2D eigenvalue weighted by Crippen LogP contribution is 2.38. The molecule has 1 unspecified atom stereocenters. The number of halogens is 2. The number of nitrogens with one attached hydrogen (secondary N) is 1. The summed E-state index contributed by atoms with van der Waals surface area (Å²) in [5.74, 6) is -1.06. The number of nitrogens with zero attached hydrogens (tertiary/aromatic N) is 4. The van der Waals surface area contributed by atoms with Gasteiger partial charge >= 0.3 is 0 Å². The fourth-order valence-electron chi connectivity index (χ4n) is 5.06. The number of pyridine rings is 1. The second-order valence-electron chi connectivity index (χ2n) is 9.12. The Bertz CT molecular complexity index is 1180. The number of likely N-dealkylation sites (tertiary alicyclic amines) is 1. The van der Waals surface area contributed by atoms with Crippen LogP contribution in [-0.4, -0.2) is 64.4 Å². The van der Waals surface area contributed by atoms with Gasteiger partial charge in [-0.2, -0.15) is 5.10 Å². The van der Waals surface area contributed by atoms with E-state index in [2.05, 4.69) is 20.2 Å². The van der Waals surface area contributed by atoms with E-state index in [0.717, 1.165) is 63.6 Å². The molecule has 2 aliphatic rings. The number of aliphatic hydroxyl groups excluding tert-OH is 1. The maximum Gasteiger partial charge on any atom is 0.255 e. The lowest BCUT2D eigenvalue weighted by atomic mass is 10.0. The first kappa shape index (κ1) is 22.7. The lowest BCUT2D eigenvalue weighted by molar-refractivity contribution is 0.0805. The number of piperidine rings is 1. The minimum atomic E-state index is -0.450. The van der Waals surface area contributed by atoms with Crippen molar-refractivity contribution in [2.24, 2.45) is 0 Å². The van der Waals surface area contributed by atoms with E-state index in [1.807, 2.05) is 12.1 Å². The van der Waals surface area contributed by atoms with Gasteiger partial charge in [-0.15, -0.1) is 0 Å². The van der Waals surface area contributed by atoms with Crippen molar-refractivity contribution in [3.63, 3.8) is 0 Å². The molecule has 4 heterocycles. The molecule has 7 nitrogen and oxygen atoms in total. The first-order valence-corrected chi connectivity index (χ1v) is 11.9. The van der Waals surface area contributed by atoms with E-state index in [1.165, 1.54) is 12.1 Å². The molecule has 2 saturated heterocycles. The second kappa shape index (κ2) is 9.68. The maximum atomic E-state index is 14.5. The summed E-state index contributed by atoms with van der Waals surface area (Å²) in [5.41, 5.74) is 2.35. The second-order valence-corrected chi connectivity index (χ2v) is 9.12. The molecule has 9 heteroatoms. The number of aromatic nitrogens is 2. The lowest BCUT2D eigenvalue weighted by Gasteiger charge is -2.29. The van der Waals surface area contributed by atoms with Crippen LogP contribution in [0.4, 0.5) is 14.5 Å². The van der Waals surface area contributed by atoms with E-state index in [1.54, 1.807) is 16.9 Å². The molecule has 0 aliphatic carbocycles. The molecule has 34 heavy (non-hydrogen) atoms. The number of aliphatic hydroxyl groups is 1. The van der Waals surface area contributed by atoms with Gasteiger partial charge in [-0.1, -0.05) is 0 Å². The van der Waals surface area contributed by atoms with Gasteiger partial charge in [-0.05, 0) is 56.0 Å². The molecule has 5 rings (SSSR count). The highest BCUT2D eigenvalue weighted by Gasteiger charge is 2.29. The van der Waals surface area contributed by atoms with Crippen molar-refractivity contribution < 1.29 is 18.7 Å². The average Bonchev–Trinajstić information content (AvgIpc) is 3.49. The Labute approximate surface area is 197 Å². The van der Waals surface area contributed by atoms with Crippen molar-refractivity contribution >= 4 is 17.1 Å². The average molecular weight is 470 g/mol. The Balaban J connectivity index is 1.31. The van der Waals surface area contributed by atoms with Crippen LogP contribution in [-0.2, 0) is 0 Å². The summed E-state index contributed by atoms with van der Waals surface area (Å²) in [5, 5.41) is 16.9. The van der Waals surface area contributed by atoms with E-state index in [9.17, 15) is 18.7 Å². The molecule has 1 amide bonds. The summed E-state index contributed by atoms with van der Waals surface area (Å²) in [6.45, 7) is 3.63. The van der Waals surface area contributed by atoms with Crippen LogP contribution >= 0.6 is 0 Å². The number of hydrogen-bond donors (Lipinski definition) is 2. The molecule has 0 spiro atoms. The summed E-state index contributed by atoms with van der Waals surface area (Å²) in [4.78, 5) is 17.2. The predicted molar refractivity (Wildman–Crippen MR) is 125 cm³/mol. The Hall–Kier alpha value is -3.04. The number of carbonyl (C=O) groups is 1. The van der Waals surface area contributed by atoms with Gasteiger partial charge in [-0.3, -0.25) is 4.79 Å². The van der Waals surface area contributed by atoms with Gasteiger partial charge in [0.05, 0.1) is 29.4 Å². The van der Waals surface area contributed by atoms with Crippen LogP contribution in [0.25, 0.3) is 5.52 Å². The van der Waals surface area contributed by atoms with Crippen LogP contribution in [0.2, 0.25) is 0 Å². The third-order valence-electron chi connectivity index (χ3n) is 6.92. The largest absolute Gasteiger partial charge is 0.393 e. The molecule has 1 aromatic carbocycles. The Morgan fingerprint density at radius 3 is 2.76 bits per heavy atom. The summed E-state index contributed by atoms with van der Waals surface area (Å²) >= 11 is 0. The summed E-state index contributed by atoms with van der Waals surface area (Å²) < 4.78 is 30.0. The Morgan fingerprint density at radius 1 is 1.12 bits per heavy atom. The molecule has 0 saturated carbocycles. The first-order valence-electron chi connectivity index (χ1n) is 11.9. The van der Waals surface area contributed by atoms with Gasteiger partial charge in [0, 0.05) is 50.2 Å². The predicted octanol–water partition coefficient (Wildman–Crippen LogP) is 3.14. The molecular weight excluding hydrogens is 440 g/mol. The summed E-state index contributed by atoms with van der Waals surface area (Å²) in [7, 11) is 0. The van der Waals surface area contributed by atoms with E-state index in [0.29, 0.717) is 23.2 Å². The number of hydrogen-bond acceptors (Lipinski definition) is 5. The summed E-state index contributed by atoms with van der Waals surface area (Å²) in [6, 6.07) is 7.11. The number of benzene rings is 1. The quantitative estimate of drug-likeness (QED) is 0.580. The van der Waals surface area contributed by atoms with Crippen LogP contribution in [0, 0.1) is 11.6 Å². The van der Waals surface area contributed by atoms with Gasteiger partial charge in [0.1, 0.15) is 11.6 Å². The van der Waals surface area contributed by atoms with Crippen molar-refractivity contribution in [2.75, 3.05) is 37.6 Å². The van der Waals surface area contributed by atoms with Crippen LogP contribution in [0.5, 0.6) is 0 Å². The van der Waals surface area contributed by atoms with E-state index in [-0.39, 0.29) is 18.1 Å². The van der Waals surface area contributed by atoms with Crippen molar-refractivity contribution in [1.29, 1.82) is 0 Å². The molecular formula is C25H29F2N5O2. The lowest BCUT2D eigenvalue weighted by Crippen LogP contribution is -2.40. The smallest absolute Gasteiger partial charge is 0.255 e. The zero-order chi connectivity index (χ0) is 23.7. The monoisotopic (exact) mass is 469 g/mol. The van der Waals surface area contributed by atoms with E-state index in [4.69, 9.17) is 0 Å². The minimum Gasteiger partial charge on any atom is -0.393 e. The molecule has 2 fully saturated rings. The van der Waals surface area contributed by atoms with Gasteiger partial charge in [0.25, 0.3) is 5.91 Å². The SMILES string of the molecule is O=C(NCCN1CCC(O)CC1)c1cnn2ccc(N3CCCC3c3cc(F)ccc3F)cc12. The number of rotatable bonds is 6. The van der Waals surface area contributed by atoms with Crippen molar-refractivity contribution in [2.45, 2.75) is 37.8 Å². The number of fused-ring (bicyclic) bond motifs is 1. The molecule has 2 aliphatic heterocycles. The van der Waals surface area contributed by atoms with Gasteiger partial charge < -0.3 is 20.2 Å². The van der Waals surface area contributed by atoms with Crippen LogP contribution < -0.4 is 10.2 Å². The fourth-order valence-corrected chi connectivity index (χ4v) is 5.06. The van der Waals surface area contributed by atoms with Crippen LogP contribution in [0.3, 0.4) is 0 Å². The van der Waals surface area contributed by atoms with Crippen LogP contribution in [0.1, 0.15) is 47.6 Å². The fraction of sp³-hybridized carbons (Fsp3) is 0.440. The maximum absolute atomic E-state index is 14.5. The number of amides is 1.